The van der Waals surface area contributed by atoms with Gasteiger partial charge in [-0.3, -0.25) is 0 Å². The number of hydrogen-bond acceptors (Lipinski definition) is 2. The Morgan fingerprint density at radius 3 is 2.41 bits per heavy atom. The maximum Gasteiger partial charge on any atom is 0.0803 e. The minimum Gasteiger partial charge on any atom is -0.390 e. The minimum absolute atomic E-state index is 0.148. The highest BCUT2D eigenvalue weighted by Crippen LogP contribution is 2.63. The van der Waals surface area contributed by atoms with Crippen molar-refractivity contribution in [2.45, 2.75) is 90.8 Å². The van der Waals surface area contributed by atoms with E-state index in [1.54, 1.807) is 0 Å². The maximum atomic E-state index is 11.3. The second kappa shape index (κ2) is 8.13. The number of hydrogen-bond donors (Lipinski definition) is 2. The van der Waals surface area contributed by atoms with Crippen molar-refractivity contribution in [2.75, 3.05) is 0 Å². The highest BCUT2D eigenvalue weighted by atomic mass is 79.9. The van der Waals surface area contributed by atoms with E-state index in [9.17, 15) is 10.2 Å². The molecule has 0 radical (unpaired) electrons. The molecule has 0 saturated heterocycles. The van der Waals surface area contributed by atoms with Crippen LogP contribution in [0.3, 0.4) is 0 Å². The summed E-state index contributed by atoms with van der Waals surface area (Å²) in [6, 6.07) is 8.11. The van der Waals surface area contributed by atoms with Crippen LogP contribution < -0.4 is 0 Å². The molecule has 0 amide bonds. The molecule has 0 spiro atoms. The smallest absolute Gasteiger partial charge is 0.0803 e. The van der Waals surface area contributed by atoms with E-state index in [0.29, 0.717) is 17.8 Å². The van der Waals surface area contributed by atoms with Gasteiger partial charge in [0.05, 0.1) is 11.2 Å². The Hall–Kier alpha value is -0.640. The lowest BCUT2D eigenvalue weighted by atomic mass is 9.45. The van der Waals surface area contributed by atoms with Crippen LogP contribution in [0.25, 0.3) is 6.08 Å². The molecule has 0 aromatic heterocycles. The van der Waals surface area contributed by atoms with Crippen molar-refractivity contribution in [3.63, 3.8) is 0 Å². The van der Waals surface area contributed by atoms with E-state index in [4.69, 9.17) is 0 Å². The molecule has 0 heterocycles. The molecule has 5 atom stereocenters. The number of aliphatic hydroxyl groups is 2. The van der Waals surface area contributed by atoms with Crippen LogP contribution in [0.15, 0.2) is 34.8 Å². The van der Waals surface area contributed by atoms with Crippen LogP contribution in [0.4, 0.5) is 0 Å². The minimum atomic E-state index is -0.878. The fourth-order valence-corrected chi connectivity index (χ4v) is 6.90. The molecule has 29 heavy (non-hydrogen) atoms. The molecule has 162 valence electrons. The van der Waals surface area contributed by atoms with E-state index in [1.807, 2.05) is 50.3 Å². The Balaban J connectivity index is 1.75. The third kappa shape index (κ3) is 4.99. The van der Waals surface area contributed by atoms with Gasteiger partial charge in [0.1, 0.15) is 0 Å². The van der Waals surface area contributed by atoms with E-state index < -0.39 is 11.2 Å². The van der Waals surface area contributed by atoms with Gasteiger partial charge in [0.25, 0.3) is 0 Å². The van der Waals surface area contributed by atoms with Crippen molar-refractivity contribution in [3.8, 4) is 0 Å². The van der Waals surface area contributed by atoms with Crippen molar-refractivity contribution in [1.82, 2.24) is 0 Å². The standard InChI is InChI=1S/C26H39BrO2/c1-23(2)14-6-15-25(4)21(23)13-18-26(5,29)22(25)12-17-24(3,28)16-11-19-7-9-20(27)10-8-19/h7-11,16,21-22,28-29H,6,12-15,17-18H2,1-5H3/b16-11+/t21-,22+,24-,25-,26+/m0/s1. The van der Waals surface area contributed by atoms with E-state index in [2.05, 4.69) is 36.7 Å². The van der Waals surface area contributed by atoms with Gasteiger partial charge in [0.2, 0.25) is 0 Å². The summed E-state index contributed by atoms with van der Waals surface area (Å²) >= 11 is 3.46. The largest absolute Gasteiger partial charge is 0.390 e. The zero-order valence-corrected chi connectivity index (χ0v) is 20.4. The fourth-order valence-electron chi connectivity index (χ4n) is 6.63. The van der Waals surface area contributed by atoms with Crippen LogP contribution in [-0.4, -0.2) is 21.4 Å². The molecule has 3 rings (SSSR count). The summed E-state index contributed by atoms with van der Waals surface area (Å²) < 4.78 is 1.05. The van der Waals surface area contributed by atoms with Gasteiger partial charge >= 0.3 is 0 Å². The molecule has 2 nitrogen and oxygen atoms in total. The Morgan fingerprint density at radius 2 is 1.76 bits per heavy atom. The normalized spacial score (nSPS) is 36.6. The van der Waals surface area contributed by atoms with Gasteiger partial charge in [0, 0.05) is 4.47 Å². The van der Waals surface area contributed by atoms with Gasteiger partial charge in [-0.15, -0.1) is 0 Å². The average Bonchev–Trinajstić information content (AvgIpc) is 2.59. The number of benzene rings is 1. The van der Waals surface area contributed by atoms with Gasteiger partial charge in [-0.1, -0.05) is 67.4 Å². The summed E-state index contributed by atoms with van der Waals surface area (Å²) in [4.78, 5) is 0. The van der Waals surface area contributed by atoms with Crippen molar-refractivity contribution < 1.29 is 10.2 Å². The molecule has 2 aliphatic rings. The van der Waals surface area contributed by atoms with Crippen molar-refractivity contribution in [2.24, 2.45) is 22.7 Å². The molecule has 2 N–H and O–H groups in total. The van der Waals surface area contributed by atoms with Crippen LogP contribution in [0.1, 0.15) is 85.1 Å². The van der Waals surface area contributed by atoms with Crippen LogP contribution in [0.2, 0.25) is 0 Å². The summed E-state index contributed by atoms with van der Waals surface area (Å²) in [5.74, 6) is 0.873. The Labute approximate surface area is 185 Å². The van der Waals surface area contributed by atoms with Crippen LogP contribution in [-0.2, 0) is 0 Å². The summed E-state index contributed by atoms with van der Waals surface area (Å²) in [6.45, 7) is 11.2. The van der Waals surface area contributed by atoms with Crippen LogP contribution >= 0.6 is 15.9 Å². The second-order valence-electron chi connectivity index (χ2n) is 11.1. The third-order valence-electron chi connectivity index (χ3n) is 8.21. The van der Waals surface area contributed by atoms with E-state index in [-0.39, 0.29) is 11.3 Å². The maximum absolute atomic E-state index is 11.3. The predicted octanol–water partition coefficient (Wildman–Crippen LogP) is 6.99. The first-order valence-electron chi connectivity index (χ1n) is 11.3. The zero-order valence-electron chi connectivity index (χ0n) is 18.8. The lowest BCUT2D eigenvalue weighted by molar-refractivity contribution is -0.171. The lowest BCUT2D eigenvalue weighted by Gasteiger charge is -2.61. The zero-order chi connectivity index (χ0) is 21.5. The second-order valence-corrected chi connectivity index (χ2v) is 12.0. The Bertz CT molecular complexity index is 732. The highest BCUT2D eigenvalue weighted by Gasteiger charge is 2.57. The molecular formula is C26H39BrO2. The number of halogens is 1. The fraction of sp³-hybridized carbons (Fsp3) is 0.692. The molecule has 2 fully saturated rings. The average molecular weight is 464 g/mol. The Kier molecular flexibility index (Phi) is 6.46. The van der Waals surface area contributed by atoms with E-state index in [0.717, 1.165) is 29.3 Å². The van der Waals surface area contributed by atoms with Gasteiger partial charge in [-0.25, -0.2) is 0 Å². The quantitative estimate of drug-likeness (QED) is 0.494. The summed E-state index contributed by atoms with van der Waals surface area (Å²) in [5.41, 5.74) is 0.0425. The van der Waals surface area contributed by atoms with Crippen molar-refractivity contribution >= 4 is 22.0 Å². The van der Waals surface area contributed by atoms with Gasteiger partial charge in [-0.05, 0) is 92.7 Å². The summed E-state index contributed by atoms with van der Waals surface area (Å²) in [6.07, 6.45) is 11.2. The SMILES string of the molecule is CC1(C)CCC[C@]2(C)[C@@H](CC[C@@](C)(O)/C=C/c3ccc(Br)cc3)[C@](C)(O)CC[C@@H]12. The molecule has 2 aliphatic carbocycles. The topological polar surface area (TPSA) is 40.5 Å². The van der Waals surface area contributed by atoms with Crippen LogP contribution in [0, 0.1) is 22.7 Å². The first kappa shape index (κ1) is 23.0. The highest BCUT2D eigenvalue weighted by molar-refractivity contribution is 9.10. The van der Waals surface area contributed by atoms with Gasteiger partial charge in [-0.2, -0.15) is 0 Å². The first-order valence-corrected chi connectivity index (χ1v) is 12.0. The third-order valence-corrected chi connectivity index (χ3v) is 8.73. The molecule has 3 heteroatoms. The number of rotatable bonds is 5. The molecule has 0 aliphatic heterocycles. The van der Waals surface area contributed by atoms with E-state index in [1.165, 1.54) is 19.3 Å². The number of fused-ring (bicyclic) bond motifs is 1. The van der Waals surface area contributed by atoms with E-state index >= 15 is 0 Å². The lowest BCUT2D eigenvalue weighted by Crippen LogP contribution is -2.57. The molecular weight excluding hydrogens is 424 g/mol. The van der Waals surface area contributed by atoms with Gasteiger partial charge in [0.15, 0.2) is 0 Å². The molecule has 2 saturated carbocycles. The van der Waals surface area contributed by atoms with Crippen molar-refractivity contribution in [1.29, 1.82) is 0 Å². The monoisotopic (exact) mass is 462 g/mol. The molecule has 0 bridgehead atoms. The van der Waals surface area contributed by atoms with Gasteiger partial charge < -0.3 is 10.2 Å². The molecule has 1 aromatic carbocycles. The summed E-state index contributed by atoms with van der Waals surface area (Å²) in [7, 11) is 0. The van der Waals surface area contributed by atoms with Crippen LogP contribution in [0.5, 0.6) is 0 Å². The first-order chi connectivity index (χ1) is 13.4. The predicted molar refractivity (Wildman–Crippen MR) is 126 cm³/mol. The summed E-state index contributed by atoms with van der Waals surface area (Å²) in [5, 5.41) is 22.4. The van der Waals surface area contributed by atoms with Crippen molar-refractivity contribution in [3.05, 3.63) is 40.4 Å². The Morgan fingerprint density at radius 1 is 1.10 bits per heavy atom. The molecule has 0 unspecified atom stereocenters. The molecule has 1 aromatic rings.